The van der Waals surface area contributed by atoms with E-state index < -0.39 is 17.2 Å². The fourth-order valence-corrected chi connectivity index (χ4v) is 10.8. The smallest absolute Gasteiger partial charge is 0.409 e. The highest BCUT2D eigenvalue weighted by atomic mass is 31.2. The molecular weight excluding hydrogens is 975 g/mol. The molecule has 0 aliphatic heterocycles. The SMILES string of the molecule is CC(C)(C)c1ccc(OP(Oc2ccc(-c3ccc(OP(Oc4ccc(C(C)(C)C)cc4C(C)(C)C)Oc4ccc(C(C)(C)C)cc4C(C)(C)C)cc3)cc2)Oc2ccc(C(C)(C)C)cc2C(C)(C)C)c(C(C)(C)C)c1. The molecule has 6 rings (SSSR count). The van der Waals surface area contributed by atoms with E-state index in [1.165, 1.54) is 22.3 Å². The van der Waals surface area contributed by atoms with Gasteiger partial charge in [-0.15, -0.1) is 0 Å². The van der Waals surface area contributed by atoms with Crippen molar-refractivity contribution in [3.63, 3.8) is 0 Å². The molecule has 0 fully saturated rings. The zero-order chi connectivity index (χ0) is 56.8. The Hall–Kier alpha value is -5.02. The molecule has 0 spiro atoms. The van der Waals surface area contributed by atoms with Gasteiger partial charge in [0.15, 0.2) is 0 Å². The largest absolute Gasteiger partial charge is 0.530 e. The highest BCUT2D eigenvalue weighted by Gasteiger charge is 2.33. The number of hydrogen-bond donors (Lipinski definition) is 0. The summed E-state index contributed by atoms with van der Waals surface area (Å²) in [4.78, 5) is 0. The number of hydrogen-bond acceptors (Lipinski definition) is 6. The first kappa shape index (κ1) is 60.2. The van der Waals surface area contributed by atoms with Crippen LogP contribution in [0.1, 0.15) is 211 Å². The van der Waals surface area contributed by atoms with Crippen LogP contribution in [0.3, 0.4) is 0 Å². The molecule has 0 saturated carbocycles. The van der Waals surface area contributed by atoms with Crippen molar-refractivity contribution in [2.45, 2.75) is 209 Å². The van der Waals surface area contributed by atoms with Gasteiger partial charge in [0.1, 0.15) is 34.5 Å². The van der Waals surface area contributed by atoms with Crippen molar-refractivity contribution in [2.24, 2.45) is 0 Å². The van der Waals surface area contributed by atoms with Crippen LogP contribution >= 0.6 is 17.2 Å². The Bertz CT molecular complexity index is 2570. The predicted molar refractivity (Wildman–Crippen MR) is 325 cm³/mol. The van der Waals surface area contributed by atoms with Crippen molar-refractivity contribution in [3.8, 4) is 45.6 Å². The molecule has 0 aromatic heterocycles. The summed E-state index contributed by atoms with van der Waals surface area (Å²) in [6, 6.07) is 42.3. The third kappa shape index (κ3) is 15.6. The zero-order valence-electron chi connectivity index (χ0n) is 50.9. The summed E-state index contributed by atoms with van der Waals surface area (Å²) in [5.41, 5.74) is 10.5. The van der Waals surface area contributed by atoms with Gasteiger partial charge in [-0.1, -0.05) is 239 Å². The first-order valence-corrected chi connectivity index (χ1v) is 29.4. The molecule has 0 bridgehead atoms. The topological polar surface area (TPSA) is 55.4 Å². The van der Waals surface area contributed by atoms with Crippen LogP contribution in [0.2, 0.25) is 0 Å². The fourth-order valence-electron chi connectivity index (χ4n) is 8.67. The van der Waals surface area contributed by atoms with E-state index in [-0.39, 0.29) is 43.3 Å². The molecule has 6 aromatic carbocycles. The third-order valence-electron chi connectivity index (χ3n) is 13.7. The summed E-state index contributed by atoms with van der Waals surface area (Å²) in [6.45, 7) is 53.5. The van der Waals surface area contributed by atoms with Gasteiger partial charge < -0.3 is 27.1 Å². The van der Waals surface area contributed by atoms with E-state index in [0.717, 1.165) is 56.4 Å². The van der Waals surface area contributed by atoms with Gasteiger partial charge in [0, 0.05) is 22.3 Å². The van der Waals surface area contributed by atoms with Crippen LogP contribution < -0.4 is 27.1 Å². The van der Waals surface area contributed by atoms with Gasteiger partial charge >= 0.3 is 17.2 Å². The molecule has 0 radical (unpaired) electrons. The van der Waals surface area contributed by atoms with Crippen molar-refractivity contribution < 1.29 is 27.1 Å². The van der Waals surface area contributed by atoms with Crippen LogP contribution in [-0.4, -0.2) is 0 Å². The summed E-state index contributed by atoms with van der Waals surface area (Å²) in [7, 11) is -3.95. The van der Waals surface area contributed by atoms with Gasteiger partial charge in [-0.3, -0.25) is 0 Å². The maximum absolute atomic E-state index is 6.92. The van der Waals surface area contributed by atoms with Crippen LogP contribution in [0, 0.1) is 0 Å². The lowest BCUT2D eigenvalue weighted by Gasteiger charge is -2.30. The average molecular weight is 1070 g/mol. The molecule has 6 nitrogen and oxygen atoms in total. The lowest BCUT2D eigenvalue weighted by molar-refractivity contribution is 0.375. The van der Waals surface area contributed by atoms with Crippen LogP contribution in [0.25, 0.3) is 11.1 Å². The molecule has 0 unspecified atom stereocenters. The summed E-state index contributed by atoms with van der Waals surface area (Å²) in [6.07, 6.45) is 0. The van der Waals surface area contributed by atoms with Crippen LogP contribution in [0.5, 0.6) is 34.5 Å². The Balaban J connectivity index is 1.33. The average Bonchev–Trinajstić information content (AvgIpc) is 3.27. The molecule has 0 saturated heterocycles. The lowest BCUT2D eigenvalue weighted by atomic mass is 9.80. The Morgan fingerprint density at radius 2 is 0.421 bits per heavy atom. The van der Waals surface area contributed by atoms with Crippen LogP contribution in [-0.2, 0) is 43.3 Å². The second kappa shape index (κ2) is 22.0. The van der Waals surface area contributed by atoms with E-state index in [4.69, 9.17) is 27.1 Å². The second-order valence-corrected chi connectivity index (χ2v) is 30.9. The molecule has 76 heavy (non-hydrogen) atoms. The predicted octanol–water partition coefficient (Wildman–Crippen LogP) is 21.3. The molecule has 0 amide bonds. The van der Waals surface area contributed by atoms with Gasteiger partial charge in [-0.05, 0) is 125 Å². The maximum Gasteiger partial charge on any atom is 0.530 e. The normalized spacial score (nSPS) is 13.2. The quantitative estimate of drug-likeness (QED) is 0.107. The standard InChI is InChI=1S/C68H92O6P2/c1-61(2,3)47-29-37-57(53(41-47)65(13,14)15)71-75(72-58-38-30-48(62(4,5)6)42-54(58)66(16,17)18)69-51-33-25-45(26-34-51)46-27-35-52(36-28-46)70-76(73-59-39-31-49(63(7,8)9)43-55(59)67(19,20)21)74-60-40-32-50(64(10,11)12)44-56(60)68(22,23)24/h25-44H,1-24H3. The molecule has 8 heteroatoms. The van der Waals surface area contributed by atoms with E-state index in [1.807, 2.05) is 24.3 Å². The van der Waals surface area contributed by atoms with E-state index in [0.29, 0.717) is 11.5 Å². The van der Waals surface area contributed by atoms with E-state index in [1.54, 1.807) is 0 Å². The first-order chi connectivity index (χ1) is 34.7. The highest BCUT2D eigenvalue weighted by Crippen LogP contribution is 2.51. The van der Waals surface area contributed by atoms with Crippen LogP contribution in [0.4, 0.5) is 0 Å². The molecule has 0 aliphatic rings. The Morgan fingerprint density at radius 3 is 0.592 bits per heavy atom. The highest BCUT2D eigenvalue weighted by molar-refractivity contribution is 7.43. The Labute approximate surface area is 463 Å². The van der Waals surface area contributed by atoms with Crippen molar-refractivity contribution >= 4 is 17.2 Å². The lowest BCUT2D eigenvalue weighted by Crippen LogP contribution is -2.19. The first-order valence-electron chi connectivity index (χ1n) is 27.2. The number of rotatable bonds is 13. The van der Waals surface area contributed by atoms with Crippen LogP contribution in [0.15, 0.2) is 121 Å². The minimum atomic E-state index is -1.98. The summed E-state index contributed by atoms with van der Waals surface area (Å²) < 4.78 is 41.2. The van der Waals surface area contributed by atoms with Crippen molar-refractivity contribution in [1.29, 1.82) is 0 Å². The number of benzene rings is 6. The van der Waals surface area contributed by atoms with Gasteiger partial charge in [-0.2, -0.15) is 0 Å². The van der Waals surface area contributed by atoms with Gasteiger partial charge in [0.05, 0.1) is 0 Å². The van der Waals surface area contributed by atoms with Crippen molar-refractivity contribution in [2.75, 3.05) is 0 Å². The Kier molecular flexibility index (Phi) is 17.4. The zero-order valence-corrected chi connectivity index (χ0v) is 52.7. The van der Waals surface area contributed by atoms with Crippen molar-refractivity contribution in [3.05, 3.63) is 166 Å². The second-order valence-electron chi connectivity index (χ2n) is 28.9. The maximum atomic E-state index is 6.92. The fraction of sp³-hybridized carbons (Fsp3) is 0.471. The molecule has 0 atom stereocenters. The molecule has 0 heterocycles. The van der Waals surface area contributed by atoms with E-state index >= 15 is 0 Å². The summed E-state index contributed by atoms with van der Waals surface area (Å²) >= 11 is 0. The van der Waals surface area contributed by atoms with Crippen molar-refractivity contribution in [1.82, 2.24) is 0 Å². The Morgan fingerprint density at radius 1 is 0.224 bits per heavy atom. The van der Waals surface area contributed by atoms with Gasteiger partial charge in [0.25, 0.3) is 0 Å². The minimum absolute atomic E-state index is 0.0283. The van der Waals surface area contributed by atoms with Gasteiger partial charge in [0.2, 0.25) is 0 Å². The summed E-state index contributed by atoms with van der Waals surface area (Å²) in [5, 5.41) is 0. The summed E-state index contributed by atoms with van der Waals surface area (Å²) in [5.74, 6) is 4.25. The molecular formula is C68H92O6P2. The monoisotopic (exact) mass is 1070 g/mol. The molecule has 6 aromatic rings. The van der Waals surface area contributed by atoms with Gasteiger partial charge in [-0.25, -0.2) is 0 Å². The molecule has 0 N–H and O–H groups in total. The van der Waals surface area contributed by atoms with E-state index in [2.05, 4.69) is 263 Å². The minimum Gasteiger partial charge on any atom is -0.409 e. The molecule has 0 aliphatic carbocycles. The molecule has 410 valence electrons. The third-order valence-corrected chi connectivity index (χ3v) is 15.8. The van der Waals surface area contributed by atoms with E-state index in [9.17, 15) is 0 Å².